The lowest BCUT2D eigenvalue weighted by atomic mass is 9.98. The summed E-state index contributed by atoms with van der Waals surface area (Å²) in [7, 11) is 0. The van der Waals surface area contributed by atoms with Gasteiger partial charge < -0.3 is 13.4 Å². The average molecular weight is 808 g/mol. The number of hydrogen-bond donors (Lipinski definition) is 0. The van der Waals surface area contributed by atoms with Gasteiger partial charge in [-0.25, -0.2) is 19.9 Å². The van der Waals surface area contributed by atoms with Gasteiger partial charge in [0, 0.05) is 44.1 Å². The molecule has 0 radical (unpaired) electrons. The maximum absolute atomic E-state index is 6.56. The summed E-state index contributed by atoms with van der Waals surface area (Å²) in [5, 5.41) is 6.15. The molecule has 294 valence electrons. The Kier molecular flexibility index (Phi) is 7.77. The molecule has 0 aliphatic carbocycles. The second-order valence-electron chi connectivity index (χ2n) is 15.8. The van der Waals surface area contributed by atoms with Crippen molar-refractivity contribution in [1.82, 2.24) is 24.5 Å². The summed E-state index contributed by atoms with van der Waals surface area (Å²) >= 11 is 0. The number of furan rings is 1. The molecule has 0 fully saturated rings. The Morgan fingerprint density at radius 1 is 0.349 bits per heavy atom. The van der Waals surface area contributed by atoms with Gasteiger partial charge in [0.25, 0.3) is 0 Å². The van der Waals surface area contributed by atoms with Crippen LogP contribution >= 0.6 is 0 Å². The Balaban J connectivity index is 1.06. The van der Waals surface area contributed by atoms with E-state index in [0.29, 0.717) is 28.9 Å². The molecule has 9 aromatic carbocycles. The van der Waals surface area contributed by atoms with Crippen LogP contribution in [0.1, 0.15) is 0 Å². The van der Waals surface area contributed by atoms with Crippen LogP contribution in [-0.4, -0.2) is 24.5 Å². The number of aromatic nitrogens is 5. The summed E-state index contributed by atoms with van der Waals surface area (Å²) in [6.45, 7) is 0. The van der Waals surface area contributed by atoms with Crippen molar-refractivity contribution in [2.45, 2.75) is 0 Å². The molecule has 0 amide bonds. The molecule has 0 unspecified atom stereocenters. The first-order valence-corrected chi connectivity index (χ1v) is 21.0. The normalized spacial score (nSPS) is 11.8. The van der Waals surface area contributed by atoms with Crippen LogP contribution in [0.15, 0.2) is 209 Å². The SMILES string of the molecule is c1ccc(-c2nc3ccc4oc5ccc6c(-c7nc(-c8ccc9c%10ccccc%10n(-c%10ccccc%10)c9c8)nc(-c8ccccc8-c8ccccc8)n7)cccc6c5c4c3o2)cc1. The molecule has 0 bridgehead atoms. The Morgan fingerprint density at radius 3 is 1.78 bits per heavy atom. The van der Waals surface area contributed by atoms with Crippen molar-refractivity contribution >= 4 is 65.6 Å². The lowest BCUT2D eigenvalue weighted by Gasteiger charge is -2.13. The van der Waals surface area contributed by atoms with Crippen molar-refractivity contribution < 1.29 is 8.83 Å². The third kappa shape index (κ3) is 5.60. The van der Waals surface area contributed by atoms with Crippen LogP contribution in [0.5, 0.6) is 0 Å². The topological polar surface area (TPSA) is 82.8 Å². The molecule has 7 heteroatoms. The quantitative estimate of drug-likeness (QED) is 0.166. The first kappa shape index (κ1) is 35.1. The van der Waals surface area contributed by atoms with E-state index in [2.05, 4.69) is 138 Å². The standard InChI is InChI=1S/C56H33N5O2/c1-4-15-34(16-5-1)38-21-10-11-23-43(38)54-58-53(36-27-28-41-40-22-12-13-26-46(40)61(47(41)33-36)37-19-8-3-9-20-37)59-55(60-54)44-25-14-24-42-39(44)29-31-48-50(42)51-49(62-48)32-30-45-52(51)63-56(57-45)35-17-6-2-7-18-35/h1-33H. The van der Waals surface area contributed by atoms with Crippen molar-refractivity contribution in [2.24, 2.45) is 0 Å². The van der Waals surface area contributed by atoms with Crippen molar-refractivity contribution in [2.75, 3.05) is 0 Å². The van der Waals surface area contributed by atoms with Gasteiger partial charge in [0.1, 0.15) is 16.7 Å². The van der Waals surface area contributed by atoms with E-state index in [0.717, 1.165) is 93.7 Å². The fraction of sp³-hybridized carbons (Fsp3) is 0. The van der Waals surface area contributed by atoms with E-state index in [1.807, 2.05) is 66.7 Å². The van der Waals surface area contributed by atoms with E-state index in [-0.39, 0.29) is 0 Å². The fourth-order valence-electron chi connectivity index (χ4n) is 9.25. The van der Waals surface area contributed by atoms with E-state index in [1.54, 1.807) is 0 Å². The van der Waals surface area contributed by atoms with Gasteiger partial charge in [0.05, 0.1) is 16.4 Å². The molecule has 0 saturated heterocycles. The highest BCUT2D eigenvalue weighted by Crippen LogP contribution is 2.43. The molecule has 63 heavy (non-hydrogen) atoms. The van der Waals surface area contributed by atoms with Crippen LogP contribution in [0.3, 0.4) is 0 Å². The van der Waals surface area contributed by atoms with Crippen molar-refractivity contribution in [3.63, 3.8) is 0 Å². The van der Waals surface area contributed by atoms with Crippen LogP contribution in [0.25, 0.3) is 128 Å². The average Bonchev–Trinajstić information content (AvgIpc) is 4.06. The van der Waals surface area contributed by atoms with Crippen LogP contribution in [0, 0.1) is 0 Å². The number of para-hydroxylation sites is 2. The van der Waals surface area contributed by atoms with Crippen LogP contribution in [-0.2, 0) is 0 Å². The lowest BCUT2D eigenvalue weighted by molar-refractivity contribution is 0.622. The van der Waals surface area contributed by atoms with Crippen LogP contribution < -0.4 is 0 Å². The van der Waals surface area contributed by atoms with Gasteiger partial charge in [-0.05, 0) is 82.6 Å². The summed E-state index contributed by atoms with van der Waals surface area (Å²) in [4.78, 5) is 20.9. The third-order valence-electron chi connectivity index (χ3n) is 12.1. The largest absolute Gasteiger partial charge is 0.456 e. The smallest absolute Gasteiger partial charge is 0.227 e. The number of fused-ring (bicyclic) bond motifs is 10. The monoisotopic (exact) mass is 807 g/mol. The first-order chi connectivity index (χ1) is 31.2. The second kappa shape index (κ2) is 13.9. The lowest BCUT2D eigenvalue weighted by Crippen LogP contribution is -2.02. The summed E-state index contributed by atoms with van der Waals surface area (Å²) in [6.07, 6.45) is 0. The molecular formula is C56H33N5O2. The maximum atomic E-state index is 6.56. The minimum absolute atomic E-state index is 0.565. The van der Waals surface area contributed by atoms with Gasteiger partial charge in [-0.3, -0.25) is 0 Å². The zero-order valence-electron chi connectivity index (χ0n) is 33.6. The van der Waals surface area contributed by atoms with E-state index in [1.165, 1.54) is 5.39 Å². The minimum atomic E-state index is 0.565. The van der Waals surface area contributed by atoms with Crippen molar-refractivity contribution in [3.05, 3.63) is 200 Å². The Labute approximate surface area is 360 Å². The highest BCUT2D eigenvalue weighted by Gasteiger charge is 2.22. The zero-order valence-corrected chi connectivity index (χ0v) is 33.6. The van der Waals surface area contributed by atoms with E-state index >= 15 is 0 Å². The van der Waals surface area contributed by atoms with E-state index < -0.39 is 0 Å². The van der Waals surface area contributed by atoms with Gasteiger partial charge in [-0.2, -0.15) is 0 Å². The minimum Gasteiger partial charge on any atom is -0.456 e. The number of nitrogens with zero attached hydrogens (tertiary/aromatic N) is 5. The summed E-state index contributed by atoms with van der Waals surface area (Å²) in [5.74, 6) is 2.29. The molecule has 0 atom stereocenters. The first-order valence-electron chi connectivity index (χ1n) is 21.0. The molecule has 0 saturated carbocycles. The molecule has 0 aliphatic heterocycles. The predicted octanol–water partition coefficient (Wildman–Crippen LogP) is 14.5. The molecule has 0 aliphatic rings. The molecular weight excluding hydrogens is 775 g/mol. The van der Waals surface area contributed by atoms with E-state index in [9.17, 15) is 0 Å². The van der Waals surface area contributed by atoms with Gasteiger partial charge >= 0.3 is 0 Å². The molecule has 13 rings (SSSR count). The van der Waals surface area contributed by atoms with Crippen LogP contribution in [0.4, 0.5) is 0 Å². The predicted molar refractivity (Wildman–Crippen MR) is 254 cm³/mol. The van der Waals surface area contributed by atoms with Gasteiger partial charge in [0.15, 0.2) is 23.1 Å². The zero-order chi connectivity index (χ0) is 41.4. The Morgan fingerprint density at radius 2 is 0.952 bits per heavy atom. The molecule has 13 aromatic rings. The van der Waals surface area contributed by atoms with Gasteiger partial charge in [-0.1, -0.05) is 140 Å². The van der Waals surface area contributed by atoms with E-state index in [4.69, 9.17) is 28.8 Å². The Hall–Kier alpha value is -8.68. The van der Waals surface area contributed by atoms with Crippen molar-refractivity contribution in [3.8, 4) is 62.4 Å². The molecule has 0 N–H and O–H groups in total. The molecule has 4 heterocycles. The van der Waals surface area contributed by atoms with Crippen molar-refractivity contribution in [1.29, 1.82) is 0 Å². The highest BCUT2D eigenvalue weighted by molar-refractivity contribution is 6.26. The number of benzene rings is 9. The molecule has 4 aromatic heterocycles. The maximum Gasteiger partial charge on any atom is 0.227 e. The summed E-state index contributed by atoms with van der Waals surface area (Å²) in [5.41, 5.74) is 12.0. The molecule has 0 spiro atoms. The highest BCUT2D eigenvalue weighted by atomic mass is 16.4. The van der Waals surface area contributed by atoms with Gasteiger partial charge in [0.2, 0.25) is 5.89 Å². The Bertz CT molecular complexity index is 3910. The van der Waals surface area contributed by atoms with Crippen LogP contribution in [0.2, 0.25) is 0 Å². The van der Waals surface area contributed by atoms with Gasteiger partial charge in [-0.15, -0.1) is 0 Å². The number of rotatable bonds is 6. The summed E-state index contributed by atoms with van der Waals surface area (Å²) in [6, 6.07) is 68.7. The summed E-state index contributed by atoms with van der Waals surface area (Å²) < 4.78 is 15.4. The number of oxazole rings is 1. The molecule has 7 nitrogen and oxygen atoms in total. The second-order valence-corrected chi connectivity index (χ2v) is 15.8. The number of hydrogen-bond acceptors (Lipinski definition) is 6. The third-order valence-corrected chi connectivity index (χ3v) is 12.1. The fourth-order valence-corrected chi connectivity index (χ4v) is 9.25.